The van der Waals surface area contributed by atoms with Crippen molar-refractivity contribution in [2.75, 3.05) is 13.7 Å². The summed E-state index contributed by atoms with van der Waals surface area (Å²) in [7, 11) is 1.64. The molecule has 0 aliphatic carbocycles. The Bertz CT molecular complexity index is 892. The van der Waals surface area contributed by atoms with Crippen LogP contribution in [0.4, 0.5) is 0 Å². The second-order valence-corrected chi connectivity index (χ2v) is 5.44. The number of aromatic nitrogens is 1. The molecular formula is C20H19NO4. The van der Waals surface area contributed by atoms with E-state index in [1.54, 1.807) is 20.1 Å². The van der Waals surface area contributed by atoms with Gasteiger partial charge in [-0.1, -0.05) is 12.1 Å². The van der Waals surface area contributed by atoms with E-state index in [0.29, 0.717) is 24.5 Å². The van der Waals surface area contributed by atoms with Crippen molar-refractivity contribution in [1.82, 2.24) is 4.98 Å². The first-order valence-electron chi connectivity index (χ1n) is 8.02. The molecule has 2 aromatic carbocycles. The molecule has 0 N–H and O–H groups in total. The summed E-state index contributed by atoms with van der Waals surface area (Å²) in [6, 6.07) is 15.1. The molecule has 0 saturated heterocycles. The van der Waals surface area contributed by atoms with Crippen LogP contribution in [0.2, 0.25) is 0 Å². The molecule has 0 saturated carbocycles. The maximum absolute atomic E-state index is 11.8. The van der Waals surface area contributed by atoms with Gasteiger partial charge < -0.3 is 14.2 Å². The fraction of sp³-hybridized carbons (Fsp3) is 0.200. The zero-order valence-electron chi connectivity index (χ0n) is 14.2. The number of rotatable bonds is 6. The number of carbonyl (C=O) groups excluding carboxylic acids is 1. The summed E-state index contributed by atoms with van der Waals surface area (Å²) in [6.07, 6.45) is 1.52. The van der Waals surface area contributed by atoms with Crippen LogP contribution in [-0.2, 0) is 11.3 Å². The minimum absolute atomic E-state index is 0.341. The fourth-order valence-corrected chi connectivity index (χ4v) is 2.45. The average molecular weight is 337 g/mol. The summed E-state index contributed by atoms with van der Waals surface area (Å²) >= 11 is 0. The summed E-state index contributed by atoms with van der Waals surface area (Å²) in [6.45, 7) is 2.55. The first-order valence-corrected chi connectivity index (χ1v) is 8.02. The molecule has 25 heavy (non-hydrogen) atoms. The molecule has 0 unspecified atom stereocenters. The van der Waals surface area contributed by atoms with Crippen LogP contribution in [-0.4, -0.2) is 24.7 Å². The molecule has 0 atom stereocenters. The lowest BCUT2D eigenvalue weighted by Crippen LogP contribution is -2.05. The molecule has 5 nitrogen and oxygen atoms in total. The highest BCUT2D eigenvalue weighted by molar-refractivity contribution is 5.93. The minimum Gasteiger partial charge on any atom is -0.497 e. The molecule has 128 valence electrons. The van der Waals surface area contributed by atoms with Gasteiger partial charge in [-0.3, -0.25) is 4.98 Å². The molecule has 1 heterocycles. The van der Waals surface area contributed by atoms with Crippen LogP contribution in [0.15, 0.2) is 54.7 Å². The summed E-state index contributed by atoms with van der Waals surface area (Å²) < 4.78 is 16.0. The maximum Gasteiger partial charge on any atom is 0.339 e. The van der Waals surface area contributed by atoms with Crippen molar-refractivity contribution in [2.24, 2.45) is 0 Å². The SMILES string of the molecule is CCOC(=O)c1cnc2cc(OCc3cccc(OC)c3)ccc2c1. The summed E-state index contributed by atoms with van der Waals surface area (Å²) in [5.41, 5.74) is 2.22. The highest BCUT2D eigenvalue weighted by atomic mass is 16.5. The van der Waals surface area contributed by atoms with Gasteiger partial charge in [-0.25, -0.2) is 4.79 Å². The summed E-state index contributed by atoms with van der Waals surface area (Å²) in [5, 5.41) is 0.860. The molecule has 3 aromatic rings. The number of nitrogens with zero attached hydrogens (tertiary/aromatic N) is 1. The van der Waals surface area contributed by atoms with E-state index >= 15 is 0 Å². The van der Waals surface area contributed by atoms with E-state index in [-0.39, 0.29) is 5.97 Å². The number of methoxy groups -OCH3 is 1. The number of carbonyl (C=O) groups is 1. The summed E-state index contributed by atoms with van der Waals surface area (Å²) in [4.78, 5) is 16.1. The van der Waals surface area contributed by atoms with Crippen LogP contribution in [0.5, 0.6) is 11.5 Å². The van der Waals surface area contributed by atoms with Crippen LogP contribution in [0.1, 0.15) is 22.8 Å². The highest BCUT2D eigenvalue weighted by Crippen LogP contribution is 2.22. The number of ether oxygens (including phenoxy) is 3. The molecule has 5 heteroatoms. The third-order valence-electron chi connectivity index (χ3n) is 3.71. The largest absolute Gasteiger partial charge is 0.497 e. The van der Waals surface area contributed by atoms with Crippen LogP contribution in [0, 0.1) is 0 Å². The third-order valence-corrected chi connectivity index (χ3v) is 3.71. The number of hydrogen-bond acceptors (Lipinski definition) is 5. The van der Waals surface area contributed by atoms with E-state index in [1.165, 1.54) is 6.20 Å². The fourth-order valence-electron chi connectivity index (χ4n) is 2.45. The number of pyridine rings is 1. The Labute approximate surface area is 146 Å². The smallest absolute Gasteiger partial charge is 0.339 e. The number of hydrogen-bond donors (Lipinski definition) is 0. The van der Waals surface area contributed by atoms with E-state index in [2.05, 4.69) is 4.98 Å². The molecule has 3 rings (SSSR count). The van der Waals surface area contributed by atoms with Gasteiger partial charge in [0.2, 0.25) is 0 Å². The molecule has 0 radical (unpaired) electrons. The first kappa shape index (κ1) is 16.8. The first-order chi connectivity index (χ1) is 12.2. The maximum atomic E-state index is 11.8. The van der Waals surface area contributed by atoms with Crippen molar-refractivity contribution in [3.63, 3.8) is 0 Å². The number of esters is 1. The number of benzene rings is 2. The standard InChI is InChI=1S/C20H19NO4/c1-3-24-20(22)16-10-15-7-8-18(11-19(15)21-12-16)25-13-14-5-4-6-17(9-14)23-2/h4-12H,3,13H2,1-2H3. The van der Waals surface area contributed by atoms with E-state index in [0.717, 1.165) is 22.2 Å². The molecule has 0 aliphatic heterocycles. The molecule has 1 aromatic heterocycles. The van der Waals surface area contributed by atoms with E-state index < -0.39 is 0 Å². The molecule has 0 aliphatic rings. The zero-order chi connectivity index (χ0) is 17.6. The van der Waals surface area contributed by atoms with Crippen molar-refractivity contribution >= 4 is 16.9 Å². The Morgan fingerprint density at radius 3 is 2.76 bits per heavy atom. The Kier molecular flexibility index (Phi) is 5.14. The molecule has 0 fully saturated rings. The molecular weight excluding hydrogens is 318 g/mol. The lowest BCUT2D eigenvalue weighted by atomic mass is 10.1. The highest BCUT2D eigenvalue weighted by Gasteiger charge is 2.08. The monoisotopic (exact) mass is 337 g/mol. The van der Waals surface area contributed by atoms with Gasteiger partial charge in [0.15, 0.2) is 0 Å². The second kappa shape index (κ2) is 7.66. The van der Waals surface area contributed by atoms with Gasteiger partial charge >= 0.3 is 5.97 Å². The molecule has 0 bridgehead atoms. The normalized spacial score (nSPS) is 10.5. The molecule has 0 amide bonds. The lowest BCUT2D eigenvalue weighted by Gasteiger charge is -2.09. The van der Waals surface area contributed by atoms with Crippen molar-refractivity contribution in [2.45, 2.75) is 13.5 Å². The predicted octanol–water partition coefficient (Wildman–Crippen LogP) is 4.00. The predicted molar refractivity (Wildman–Crippen MR) is 95.0 cm³/mol. The van der Waals surface area contributed by atoms with Gasteiger partial charge in [-0.2, -0.15) is 0 Å². The lowest BCUT2D eigenvalue weighted by molar-refractivity contribution is 0.0526. The van der Waals surface area contributed by atoms with Gasteiger partial charge in [-0.15, -0.1) is 0 Å². The van der Waals surface area contributed by atoms with E-state index in [1.807, 2.05) is 42.5 Å². The van der Waals surface area contributed by atoms with Gasteiger partial charge in [0, 0.05) is 17.6 Å². The second-order valence-electron chi connectivity index (χ2n) is 5.44. The van der Waals surface area contributed by atoms with E-state index in [4.69, 9.17) is 14.2 Å². The Hall–Kier alpha value is -3.08. The Balaban J connectivity index is 1.74. The van der Waals surface area contributed by atoms with Gasteiger partial charge in [0.05, 0.1) is 24.8 Å². The average Bonchev–Trinajstić information content (AvgIpc) is 2.66. The Morgan fingerprint density at radius 2 is 1.96 bits per heavy atom. The van der Waals surface area contributed by atoms with Crippen LogP contribution >= 0.6 is 0 Å². The third kappa shape index (κ3) is 4.07. The van der Waals surface area contributed by atoms with Crippen LogP contribution in [0.25, 0.3) is 10.9 Å². The minimum atomic E-state index is -0.366. The van der Waals surface area contributed by atoms with Gasteiger partial charge in [-0.05, 0) is 42.8 Å². The molecule has 0 spiro atoms. The topological polar surface area (TPSA) is 57.7 Å². The van der Waals surface area contributed by atoms with E-state index in [9.17, 15) is 4.79 Å². The number of fused-ring (bicyclic) bond motifs is 1. The quantitative estimate of drug-likeness (QED) is 0.636. The van der Waals surface area contributed by atoms with Gasteiger partial charge in [0.25, 0.3) is 0 Å². The van der Waals surface area contributed by atoms with Crippen molar-refractivity contribution < 1.29 is 19.0 Å². The van der Waals surface area contributed by atoms with Crippen LogP contribution in [0.3, 0.4) is 0 Å². The Morgan fingerprint density at radius 1 is 1.08 bits per heavy atom. The van der Waals surface area contributed by atoms with Crippen molar-refractivity contribution in [1.29, 1.82) is 0 Å². The summed E-state index contributed by atoms with van der Waals surface area (Å²) in [5.74, 6) is 1.15. The van der Waals surface area contributed by atoms with Gasteiger partial charge in [0.1, 0.15) is 18.1 Å². The van der Waals surface area contributed by atoms with Crippen molar-refractivity contribution in [3.8, 4) is 11.5 Å². The van der Waals surface area contributed by atoms with Crippen molar-refractivity contribution in [3.05, 3.63) is 65.9 Å². The zero-order valence-corrected chi connectivity index (χ0v) is 14.2. The van der Waals surface area contributed by atoms with Crippen LogP contribution < -0.4 is 9.47 Å².